The molecule has 2 atom stereocenters. The predicted octanol–water partition coefficient (Wildman–Crippen LogP) is 3.39. The number of carbonyl (C=O) groups is 2. The highest BCUT2D eigenvalue weighted by Crippen LogP contribution is 2.52. The van der Waals surface area contributed by atoms with Gasteiger partial charge in [0.1, 0.15) is 19.0 Å². The fourth-order valence-corrected chi connectivity index (χ4v) is 5.74. The van der Waals surface area contributed by atoms with Crippen molar-refractivity contribution >= 4 is 11.8 Å². The van der Waals surface area contributed by atoms with Crippen LogP contribution in [0.25, 0.3) is 0 Å². The van der Waals surface area contributed by atoms with Crippen LogP contribution in [0.5, 0.6) is 0 Å². The zero-order valence-electron chi connectivity index (χ0n) is 20.9. The molecule has 2 aliphatic heterocycles. The fourth-order valence-electron chi connectivity index (χ4n) is 5.74. The zero-order chi connectivity index (χ0) is 25.1. The summed E-state index contributed by atoms with van der Waals surface area (Å²) in [4.78, 5) is 31.8. The number of benzene rings is 1. The molecule has 0 saturated carbocycles. The molecular weight excluding hydrogens is 458 g/mol. The van der Waals surface area contributed by atoms with E-state index in [2.05, 4.69) is 22.4 Å². The smallest absolute Gasteiger partial charge is 0.292 e. The lowest BCUT2D eigenvalue weighted by molar-refractivity contribution is -0.136. The summed E-state index contributed by atoms with van der Waals surface area (Å²) in [6.07, 6.45) is 5.12. The number of piperidine rings is 1. The standard InChI is InChI=1S/C28H33N3O5/c1-3-23(32)30-24-21-8-4-5-9-22(21)28(26(24)36-18-20-7-6-12-29-17-20)10-13-31(14-11-28)27(33)25-19(2)34-15-16-35-25/h4-9,12,17,24,26H,3,10-11,13-16,18H2,1-2H3,(H,30,32)/t24-,26+/m1/s1. The highest BCUT2D eigenvalue weighted by molar-refractivity contribution is 5.92. The number of nitrogens with zero attached hydrogens (tertiary/aromatic N) is 2. The Kier molecular flexibility index (Phi) is 6.96. The van der Waals surface area contributed by atoms with Crippen LogP contribution < -0.4 is 5.32 Å². The minimum absolute atomic E-state index is 0.00805. The lowest BCUT2D eigenvalue weighted by atomic mass is 9.71. The first-order chi connectivity index (χ1) is 17.5. The van der Waals surface area contributed by atoms with Gasteiger partial charge in [0.15, 0.2) is 0 Å². The van der Waals surface area contributed by atoms with Crippen LogP contribution in [-0.2, 0) is 35.8 Å². The number of nitrogens with one attached hydrogen (secondary N) is 1. The van der Waals surface area contributed by atoms with E-state index in [9.17, 15) is 9.59 Å². The molecule has 1 aliphatic carbocycles. The largest absolute Gasteiger partial charge is 0.491 e. The molecule has 0 bridgehead atoms. The first-order valence-electron chi connectivity index (χ1n) is 12.7. The van der Waals surface area contributed by atoms with Crippen molar-refractivity contribution in [1.29, 1.82) is 0 Å². The van der Waals surface area contributed by atoms with Crippen molar-refractivity contribution in [2.75, 3.05) is 26.3 Å². The summed E-state index contributed by atoms with van der Waals surface area (Å²) >= 11 is 0. The second-order valence-corrected chi connectivity index (χ2v) is 9.61. The van der Waals surface area contributed by atoms with Crippen LogP contribution in [0.1, 0.15) is 55.8 Å². The summed E-state index contributed by atoms with van der Waals surface area (Å²) in [5.74, 6) is 0.711. The number of aromatic nitrogens is 1. The van der Waals surface area contributed by atoms with E-state index in [1.54, 1.807) is 19.3 Å². The Labute approximate surface area is 211 Å². The van der Waals surface area contributed by atoms with Crippen molar-refractivity contribution in [2.24, 2.45) is 0 Å². The molecule has 5 rings (SSSR count). The molecule has 8 nitrogen and oxygen atoms in total. The van der Waals surface area contributed by atoms with Gasteiger partial charge in [0.2, 0.25) is 11.7 Å². The van der Waals surface area contributed by atoms with E-state index in [1.165, 1.54) is 5.56 Å². The molecule has 1 N–H and O–H groups in total. The lowest BCUT2D eigenvalue weighted by Crippen LogP contribution is -2.52. The van der Waals surface area contributed by atoms with Crippen molar-refractivity contribution < 1.29 is 23.8 Å². The Morgan fingerprint density at radius 3 is 2.64 bits per heavy atom. The molecule has 3 aliphatic rings. The Hall–Kier alpha value is -3.39. The van der Waals surface area contributed by atoms with Gasteiger partial charge in [-0.2, -0.15) is 0 Å². The molecule has 8 heteroatoms. The van der Waals surface area contributed by atoms with E-state index in [1.807, 2.05) is 36.1 Å². The van der Waals surface area contributed by atoms with E-state index in [0.29, 0.717) is 50.8 Å². The fraction of sp³-hybridized carbons (Fsp3) is 0.464. The van der Waals surface area contributed by atoms with Gasteiger partial charge >= 0.3 is 0 Å². The summed E-state index contributed by atoms with van der Waals surface area (Å²) in [5, 5.41) is 3.23. The molecule has 2 amide bonds. The normalized spacial score (nSPS) is 22.6. The Balaban J connectivity index is 1.43. The number of allylic oxidation sites excluding steroid dienone is 1. The topological polar surface area (TPSA) is 90.0 Å². The molecule has 3 heterocycles. The van der Waals surface area contributed by atoms with Gasteiger partial charge in [0.25, 0.3) is 5.91 Å². The molecule has 1 fully saturated rings. The second kappa shape index (κ2) is 10.3. The molecular formula is C28H33N3O5. The molecule has 0 unspecified atom stereocenters. The number of ether oxygens (including phenoxy) is 3. The highest BCUT2D eigenvalue weighted by Gasteiger charge is 2.54. The molecule has 0 radical (unpaired) electrons. The number of rotatable bonds is 6. The van der Waals surface area contributed by atoms with Crippen molar-refractivity contribution in [3.05, 3.63) is 77.0 Å². The Morgan fingerprint density at radius 2 is 1.92 bits per heavy atom. The van der Waals surface area contributed by atoms with Crippen LogP contribution in [0, 0.1) is 0 Å². The van der Waals surface area contributed by atoms with Gasteiger partial charge in [-0.15, -0.1) is 0 Å². The van der Waals surface area contributed by atoms with Crippen molar-refractivity contribution in [1.82, 2.24) is 15.2 Å². The maximum absolute atomic E-state index is 13.2. The van der Waals surface area contributed by atoms with Gasteiger partial charge in [-0.25, -0.2) is 0 Å². The average Bonchev–Trinajstić information content (AvgIpc) is 3.16. The molecule has 1 spiro atoms. The van der Waals surface area contributed by atoms with Gasteiger partial charge in [-0.3, -0.25) is 14.6 Å². The summed E-state index contributed by atoms with van der Waals surface area (Å²) in [7, 11) is 0. The Morgan fingerprint density at radius 1 is 1.14 bits per heavy atom. The van der Waals surface area contributed by atoms with E-state index in [-0.39, 0.29) is 29.4 Å². The van der Waals surface area contributed by atoms with Crippen LogP contribution in [0.3, 0.4) is 0 Å². The molecule has 2 aromatic rings. The first-order valence-corrected chi connectivity index (χ1v) is 12.7. The van der Waals surface area contributed by atoms with Gasteiger partial charge in [-0.1, -0.05) is 37.3 Å². The van der Waals surface area contributed by atoms with E-state index in [4.69, 9.17) is 14.2 Å². The first kappa shape index (κ1) is 24.3. The predicted molar refractivity (Wildman–Crippen MR) is 133 cm³/mol. The molecule has 36 heavy (non-hydrogen) atoms. The van der Waals surface area contributed by atoms with Gasteiger partial charge in [-0.05, 0) is 42.5 Å². The minimum Gasteiger partial charge on any atom is -0.491 e. The molecule has 1 aromatic carbocycles. The van der Waals surface area contributed by atoms with Gasteiger partial charge in [0, 0.05) is 37.3 Å². The second-order valence-electron chi connectivity index (χ2n) is 9.61. The van der Waals surface area contributed by atoms with Crippen LogP contribution in [-0.4, -0.2) is 54.1 Å². The maximum atomic E-state index is 13.2. The van der Waals surface area contributed by atoms with Crippen LogP contribution >= 0.6 is 0 Å². The monoisotopic (exact) mass is 491 g/mol. The Bertz CT molecular complexity index is 1140. The van der Waals surface area contributed by atoms with Crippen molar-refractivity contribution in [3.8, 4) is 0 Å². The number of likely N-dealkylation sites (tertiary alicyclic amines) is 1. The van der Waals surface area contributed by atoms with E-state index >= 15 is 0 Å². The number of fused-ring (bicyclic) bond motifs is 2. The van der Waals surface area contributed by atoms with Crippen molar-refractivity contribution in [3.63, 3.8) is 0 Å². The SMILES string of the molecule is CCC(=O)N[C@@H]1c2ccccc2C2(CCN(C(=O)C3=C(C)OCCO3)CC2)[C@H]1OCc1cccnc1. The lowest BCUT2D eigenvalue weighted by Gasteiger charge is -2.44. The zero-order valence-corrected chi connectivity index (χ0v) is 20.9. The van der Waals surface area contributed by atoms with E-state index < -0.39 is 0 Å². The number of hydrogen-bond donors (Lipinski definition) is 1. The van der Waals surface area contributed by atoms with Gasteiger partial charge < -0.3 is 24.4 Å². The highest BCUT2D eigenvalue weighted by atomic mass is 16.6. The summed E-state index contributed by atoms with van der Waals surface area (Å²) in [6, 6.07) is 11.9. The molecule has 190 valence electrons. The van der Waals surface area contributed by atoms with E-state index in [0.717, 1.165) is 24.0 Å². The average molecular weight is 492 g/mol. The number of pyridine rings is 1. The van der Waals surface area contributed by atoms with Crippen molar-refractivity contribution in [2.45, 2.75) is 57.3 Å². The van der Waals surface area contributed by atoms with Crippen LogP contribution in [0.15, 0.2) is 60.3 Å². The quantitative estimate of drug-likeness (QED) is 0.666. The molecule has 1 saturated heterocycles. The van der Waals surface area contributed by atoms with Crippen LogP contribution in [0.2, 0.25) is 0 Å². The minimum atomic E-state index is -0.325. The number of carbonyl (C=O) groups excluding carboxylic acids is 2. The summed E-state index contributed by atoms with van der Waals surface area (Å²) in [5.41, 5.74) is 2.95. The summed E-state index contributed by atoms with van der Waals surface area (Å²) < 4.78 is 17.8. The summed E-state index contributed by atoms with van der Waals surface area (Å²) in [6.45, 7) is 6.00. The van der Waals surface area contributed by atoms with Gasteiger partial charge in [0.05, 0.1) is 18.8 Å². The maximum Gasteiger partial charge on any atom is 0.292 e. The number of hydrogen-bond acceptors (Lipinski definition) is 6. The third-order valence-electron chi connectivity index (χ3n) is 7.57. The van der Waals surface area contributed by atoms with Crippen LogP contribution in [0.4, 0.5) is 0 Å². The number of amides is 2. The molecule has 1 aromatic heterocycles. The third kappa shape index (κ3) is 4.46. The third-order valence-corrected chi connectivity index (χ3v) is 7.57.